The van der Waals surface area contributed by atoms with E-state index in [9.17, 15) is 8.42 Å². The first-order chi connectivity index (χ1) is 11.6. The minimum Gasteiger partial charge on any atom is -0.454 e. The van der Waals surface area contributed by atoms with Gasteiger partial charge in [0.2, 0.25) is 16.6 Å². The Labute approximate surface area is 139 Å². The van der Waals surface area contributed by atoms with Gasteiger partial charge in [0.25, 0.3) is 0 Å². The van der Waals surface area contributed by atoms with Crippen LogP contribution >= 0.6 is 0 Å². The monoisotopic (exact) mass is 342 g/mol. The summed E-state index contributed by atoms with van der Waals surface area (Å²) in [4.78, 5) is 4.42. The summed E-state index contributed by atoms with van der Waals surface area (Å²) in [7, 11) is -3.59. The topological polar surface area (TPSA) is 70.4 Å². The van der Waals surface area contributed by atoms with Crippen molar-refractivity contribution >= 4 is 9.84 Å². The zero-order valence-corrected chi connectivity index (χ0v) is 13.4. The van der Waals surface area contributed by atoms with Crippen LogP contribution in [0.4, 0.5) is 0 Å². The molecule has 3 aromatic rings. The van der Waals surface area contributed by atoms with Gasteiger partial charge in [-0.05, 0) is 29.8 Å². The normalized spacial score (nSPS) is 13.2. The molecule has 4 rings (SSSR count). The minimum atomic E-state index is -3.59. The zero-order chi connectivity index (χ0) is 16.6. The van der Waals surface area contributed by atoms with Crippen molar-refractivity contribution in [3.05, 3.63) is 66.7 Å². The van der Waals surface area contributed by atoms with Crippen LogP contribution in [0.25, 0.3) is 0 Å². The molecule has 1 aromatic heterocycles. The summed E-state index contributed by atoms with van der Waals surface area (Å²) in [6, 6.07) is 11.5. The average Bonchev–Trinajstić information content (AvgIpc) is 3.25. The van der Waals surface area contributed by atoms with Crippen molar-refractivity contribution in [2.75, 3.05) is 6.79 Å². The predicted molar refractivity (Wildman–Crippen MR) is 85.8 cm³/mol. The molecular formula is C17H14N2O4S. The van der Waals surface area contributed by atoms with Gasteiger partial charge in [-0.25, -0.2) is 13.4 Å². The lowest BCUT2D eigenvalue weighted by Gasteiger charge is -2.07. The van der Waals surface area contributed by atoms with Crippen LogP contribution in [-0.2, 0) is 16.4 Å². The summed E-state index contributed by atoms with van der Waals surface area (Å²) in [5, 5.41) is 0. The highest BCUT2D eigenvalue weighted by atomic mass is 32.2. The first-order valence-electron chi connectivity index (χ1n) is 7.32. The van der Waals surface area contributed by atoms with Crippen molar-refractivity contribution in [1.82, 2.24) is 9.55 Å². The zero-order valence-electron chi connectivity index (χ0n) is 12.6. The van der Waals surface area contributed by atoms with E-state index in [1.807, 2.05) is 10.8 Å². The lowest BCUT2D eigenvalue weighted by atomic mass is 10.2. The molecule has 0 aliphatic carbocycles. The molecule has 0 atom stereocenters. The molecule has 0 amide bonds. The van der Waals surface area contributed by atoms with E-state index in [-0.39, 0.29) is 16.6 Å². The Hall–Kier alpha value is -2.80. The van der Waals surface area contributed by atoms with Crippen LogP contribution < -0.4 is 9.47 Å². The van der Waals surface area contributed by atoms with Crippen molar-refractivity contribution in [3.8, 4) is 11.5 Å². The number of nitrogens with zero attached hydrogens (tertiary/aromatic N) is 2. The van der Waals surface area contributed by atoms with Gasteiger partial charge < -0.3 is 14.0 Å². The van der Waals surface area contributed by atoms with Gasteiger partial charge in [-0.15, -0.1) is 0 Å². The smallest absolute Gasteiger partial charge is 0.231 e. The summed E-state index contributed by atoms with van der Waals surface area (Å²) < 4.78 is 37.9. The molecule has 0 unspecified atom stereocenters. The van der Waals surface area contributed by atoms with Crippen LogP contribution in [0.2, 0.25) is 0 Å². The number of hydrogen-bond acceptors (Lipinski definition) is 5. The number of sulfone groups is 1. The average molecular weight is 342 g/mol. The third-order valence-corrected chi connectivity index (χ3v) is 5.58. The van der Waals surface area contributed by atoms with E-state index in [2.05, 4.69) is 4.98 Å². The fourth-order valence-electron chi connectivity index (χ4n) is 2.55. The standard InChI is InChI=1S/C17H14N2O4S/c20-24(21,15-5-6-16-17(9-15)23-12-22-16)14-3-1-13(2-4-14)10-19-8-7-18-11-19/h1-9,11H,10,12H2. The molecule has 7 heteroatoms. The number of imidazole rings is 1. The highest BCUT2D eigenvalue weighted by Gasteiger charge is 2.22. The van der Waals surface area contributed by atoms with Crippen LogP contribution in [-0.4, -0.2) is 24.8 Å². The van der Waals surface area contributed by atoms with Gasteiger partial charge in [0.05, 0.1) is 16.1 Å². The summed E-state index contributed by atoms with van der Waals surface area (Å²) in [5.74, 6) is 1.01. The van der Waals surface area contributed by atoms with Gasteiger partial charge in [0.1, 0.15) is 0 Å². The summed E-state index contributed by atoms with van der Waals surface area (Å²) in [6.07, 6.45) is 5.28. The number of benzene rings is 2. The number of fused-ring (bicyclic) bond motifs is 1. The second-order valence-electron chi connectivity index (χ2n) is 5.40. The Morgan fingerprint density at radius 2 is 1.75 bits per heavy atom. The lowest BCUT2D eigenvalue weighted by molar-refractivity contribution is 0.174. The van der Waals surface area contributed by atoms with Crippen LogP contribution in [0.15, 0.2) is 71.0 Å². The van der Waals surface area contributed by atoms with E-state index in [0.717, 1.165) is 5.56 Å². The Balaban J connectivity index is 1.62. The van der Waals surface area contributed by atoms with Gasteiger partial charge in [0, 0.05) is 25.0 Å². The van der Waals surface area contributed by atoms with Crippen LogP contribution in [0.5, 0.6) is 11.5 Å². The molecule has 0 bridgehead atoms. The van der Waals surface area contributed by atoms with Gasteiger partial charge in [-0.2, -0.15) is 0 Å². The molecule has 0 fully saturated rings. The fourth-order valence-corrected chi connectivity index (χ4v) is 3.82. The molecule has 0 N–H and O–H groups in total. The van der Waals surface area contributed by atoms with Crippen molar-refractivity contribution in [2.45, 2.75) is 16.3 Å². The second-order valence-corrected chi connectivity index (χ2v) is 7.35. The highest BCUT2D eigenvalue weighted by Crippen LogP contribution is 2.35. The number of rotatable bonds is 4. The van der Waals surface area contributed by atoms with Crippen molar-refractivity contribution in [3.63, 3.8) is 0 Å². The van der Waals surface area contributed by atoms with Gasteiger partial charge in [0.15, 0.2) is 11.5 Å². The van der Waals surface area contributed by atoms with E-state index in [0.29, 0.717) is 18.0 Å². The van der Waals surface area contributed by atoms with Crippen LogP contribution in [0, 0.1) is 0 Å². The molecule has 2 heterocycles. The molecule has 0 spiro atoms. The Morgan fingerprint density at radius 3 is 2.50 bits per heavy atom. The maximum Gasteiger partial charge on any atom is 0.231 e. The largest absolute Gasteiger partial charge is 0.454 e. The number of hydrogen-bond donors (Lipinski definition) is 0. The van der Waals surface area contributed by atoms with Gasteiger partial charge in [-0.1, -0.05) is 12.1 Å². The molecule has 0 radical (unpaired) electrons. The summed E-state index contributed by atoms with van der Waals surface area (Å²) in [5.41, 5.74) is 0.998. The molecule has 2 aromatic carbocycles. The minimum absolute atomic E-state index is 0.113. The maximum absolute atomic E-state index is 12.8. The first-order valence-corrected chi connectivity index (χ1v) is 8.81. The molecule has 1 aliphatic rings. The highest BCUT2D eigenvalue weighted by molar-refractivity contribution is 7.91. The van der Waals surface area contributed by atoms with Crippen LogP contribution in [0.1, 0.15) is 5.56 Å². The summed E-state index contributed by atoms with van der Waals surface area (Å²) in [6.45, 7) is 0.756. The lowest BCUT2D eigenvalue weighted by Crippen LogP contribution is -2.03. The third-order valence-electron chi connectivity index (χ3n) is 3.81. The molecule has 1 aliphatic heterocycles. The molecule has 6 nitrogen and oxygen atoms in total. The first kappa shape index (κ1) is 14.8. The number of aromatic nitrogens is 2. The van der Waals surface area contributed by atoms with Gasteiger partial charge >= 0.3 is 0 Å². The number of ether oxygens (including phenoxy) is 2. The Morgan fingerprint density at radius 1 is 1.00 bits per heavy atom. The molecule has 24 heavy (non-hydrogen) atoms. The van der Waals surface area contributed by atoms with E-state index in [1.54, 1.807) is 42.9 Å². The van der Waals surface area contributed by atoms with Gasteiger partial charge in [-0.3, -0.25) is 0 Å². The van der Waals surface area contributed by atoms with Crippen molar-refractivity contribution < 1.29 is 17.9 Å². The molecule has 0 saturated heterocycles. The van der Waals surface area contributed by atoms with Crippen molar-refractivity contribution in [1.29, 1.82) is 0 Å². The SMILES string of the molecule is O=S(=O)(c1ccc(Cn2ccnc2)cc1)c1ccc2c(c1)OCO2. The Bertz CT molecular complexity index is 964. The van der Waals surface area contributed by atoms with Crippen LogP contribution in [0.3, 0.4) is 0 Å². The van der Waals surface area contributed by atoms with Crippen molar-refractivity contribution in [2.24, 2.45) is 0 Å². The molecule has 122 valence electrons. The van der Waals surface area contributed by atoms with E-state index < -0.39 is 9.84 Å². The Kier molecular flexibility index (Phi) is 3.50. The maximum atomic E-state index is 12.8. The predicted octanol–water partition coefficient (Wildman–Crippen LogP) is 2.49. The second kappa shape index (κ2) is 5.68. The van der Waals surface area contributed by atoms with E-state index >= 15 is 0 Å². The summed E-state index contributed by atoms with van der Waals surface area (Å²) >= 11 is 0. The quantitative estimate of drug-likeness (QED) is 0.728. The molecule has 0 saturated carbocycles. The van der Waals surface area contributed by atoms with E-state index in [1.165, 1.54) is 12.1 Å². The fraction of sp³-hybridized carbons (Fsp3) is 0.118. The van der Waals surface area contributed by atoms with E-state index in [4.69, 9.17) is 9.47 Å². The third kappa shape index (κ3) is 2.63. The molecular weight excluding hydrogens is 328 g/mol.